The maximum atomic E-state index is 10.6. The smallest absolute Gasteiger partial charge is 0.142 e. The highest BCUT2D eigenvalue weighted by molar-refractivity contribution is 9.03. The molecule has 1 aliphatic rings. The van der Waals surface area contributed by atoms with Gasteiger partial charge in [0.05, 0.1) is 5.25 Å². The van der Waals surface area contributed by atoms with Crippen LogP contribution in [0.2, 0.25) is 0 Å². The third-order valence-electron chi connectivity index (χ3n) is 0.696. The zero-order valence-corrected chi connectivity index (χ0v) is 6.44. The molecule has 0 aromatic heterocycles. The summed E-state index contributed by atoms with van der Waals surface area (Å²) < 4.78 is 10.6. The van der Waals surface area contributed by atoms with E-state index in [0.29, 0.717) is 0 Å². The van der Waals surface area contributed by atoms with Crippen LogP contribution in [0.1, 0.15) is 0 Å². The summed E-state index contributed by atoms with van der Waals surface area (Å²) in [6.45, 7) is 0. The molecule has 0 saturated carbocycles. The lowest BCUT2D eigenvalue weighted by Crippen LogP contribution is -1.93. The van der Waals surface area contributed by atoms with Gasteiger partial charge in [-0.1, -0.05) is 5.92 Å². The summed E-state index contributed by atoms with van der Waals surface area (Å²) in [4.78, 5) is 0. The summed E-state index contributed by atoms with van der Waals surface area (Å²) in [5.74, 6) is 3.38. The van der Waals surface area contributed by atoms with Crippen molar-refractivity contribution >= 4 is 30.5 Å². The van der Waals surface area contributed by atoms with Crippen molar-refractivity contribution in [2.24, 2.45) is 0 Å². The molecule has 1 nitrogen and oxygen atoms in total. The fourth-order valence-corrected chi connectivity index (χ4v) is 5.66. The molecule has 0 N–H and O–H groups in total. The van der Waals surface area contributed by atoms with E-state index in [0.717, 1.165) is 5.75 Å². The molecule has 8 heavy (non-hydrogen) atoms. The molecule has 0 aromatic carbocycles. The maximum Gasteiger partial charge on any atom is 0.142 e. The molecule has 0 amide bonds. The van der Waals surface area contributed by atoms with Crippen molar-refractivity contribution in [2.45, 2.75) is 5.25 Å². The predicted octanol–water partition coefficient (Wildman–Crippen LogP) is 1.05. The van der Waals surface area contributed by atoms with Crippen LogP contribution in [0, 0.1) is 12.3 Å². The van der Waals surface area contributed by atoms with Gasteiger partial charge in [-0.25, -0.2) is 4.21 Å². The highest BCUT2D eigenvalue weighted by Gasteiger charge is 2.20. The molecule has 0 bridgehead atoms. The normalized spacial score (nSPS) is 36.9. The van der Waals surface area contributed by atoms with Crippen LogP contribution in [0.4, 0.5) is 0 Å². The SMILES string of the molecule is C#CC1CSS(=O)S1. The summed E-state index contributed by atoms with van der Waals surface area (Å²) in [5.41, 5.74) is 0. The van der Waals surface area contributed by atoms with Crippen LogP contribution in [-0.4, -0.2) is 15.2 Å². The highest BCUT2D eigenvalue weighted by atomic mass is 33.5. The minimum Gasteiger partial charge on any atom is -0.236 e. The Bertz CT molecular complexity index is 148. The van der Waals surface area contributed by atoms with E-state index in [1.54, 1.807) is 0 Å². The molecule has 1 heterocycles. The van der Waals surface area contributed by atoms with Gasteiger partial charge < -0.3 is 0 Å². The minimum absolute atomic E-state index is 0.181. The monoisotopic (exact) mass is 164 g/mol. The molecule has 0 spiro atoms. The lowest BCUT2D eigenvalue weighted by atomic mass is 10.5. The molecule has 0 aromatic rings. The molecule has 0 radical (unpaired) electrons. The van der Waals surface area contributed by atoms with Crippen LogP contribution >= 0.6 is 21.6 Å². The van der Waals surface area contributed by atoms with Crippen LogP contribution in [0.3, 0.4) is 0 Å². The lowest BCUT2D eigenvalue weighted by Gasteiger charge is -1.87. The van der Waals surface area contributed by atoms with Crippen LogP contribution < -0.4 is 0 Å². The van der Waals surface area contributed by atoms with E-state index < -0.39 is 8.86 Å². The molecule has 1 rings (SSSR count). The first-order valence-electron chi connectivity index (χ1n) is 2.01. The maximum absolute atomic E-state index is 10.6. The van der Waals surface area contributed by atoms with Crippen LogP contribution in [0.25, 0.3) is 0 Å². The van der Waals surface area contributed by atoms with Gasteiger partial charge in [0.2, 0.25) is 0 Å². The standard InChI is InChI=1S/C4H4OS3/c1-2-4-3-6-8(5)7-4/h1,4H,3H2. The second-order valence-electron chi connectivity index (χ2n) is 1.24. The summed E-state index contributed by atoms with van der Waals surface area (Å²) in [5, 5.41) is 0.181. The molecule has 1 saturated heterocycles. The number of rotatable bonds is 0. The Morgan fingerprint density at radius 2 is 2.62 bits per heavy atom. The Kier molecular flexibility index (Phi) is 2.29. The number of hydrogen-bond acceptors (Lipinski definition) is 3. The first-order valence-corrected chi connectivity index (χ1v) is 6.06. The summed E-state index contributed by atoms with van der Waals surface area (Å²) in [6.07, 6.45) is 5.08. The zero-order chi connectivity index (χ0) is 5.98. The van der Waals surface area contributed by atoms with Crippen LogP contribution in [0.15, 0.2) is 0 Å². The van der Waals surface area contributed by atoms with Crippen molar-refractivity contribution in [1.29, 1.82) is 0 Å². The van der Waals surface area contributed by atoms with Gasteiger partial charge in [-0.3, -0.25) is 0 Å². The molecular formula is C4H4OS3. The average molecular weight is 164 g/mol. The van der Waals surface area contributed by atoms with Gasteiger partial charge >= 0.3 is 0 Å². The van der Waals surface area contributed by atoms with Crippen molar-refractivity contribution in [1.82, 2.24) is 0 Å². The van der Waals surface area contributed by atoms with Gasteiger partial charge in [0.15, 0.2) is 0 Å². The van der Waals surface area contributed by atoms with E-state index >= 15 is 0 Å². The fraction of sp³-hybridized carbons (Fsp3) is 0.500. The van der Waals surface area contributed by atoms with Gasteiger partial charge in [0.25, 0.3) is 0 Å². The van der Waals surface area contributed by atoms with E-state index in [4.69, 9.17) is 6.42 Å². The average Bonchev–Trinajstić information content (AvgIpc) is 2.14. The van der Waals surface area contributed by atoms with Crippen molar-refractivity contribution in [2.75, 3.05) is 5.75 Å². The Morgan fingerprint density at radius 1 is 1.88 bits per heavy atom. The van der Waals surface area contributed by atoms with Crippen LogP contribution in [-0.2, 0) is 8.86 Å². The molecule has 0 aliphatic carbocycles. The Hall–Kier alpha value is 0.410. The third kappa shape index (κ3) is 1.44. The largest absolute Gasteiger partial charge is 0.236 e. The molecular weight excluding hydrogens is 160 g/mol. The molecule has 2 unspecified atom stereocenters. The minimum atomic E-state index is -0.762. The van der Waals surface area contributed by atoms with E-state index in [1.807, 2.05) is 0 Å². The number of terminal acetylenes is 1. The number of hydrogen-bond donors (Lipinski definition) is 0. The Balaban J connectivity index is 2.47. The van der Waals surface area contributed by atoms with Gasteiger partial charge in [0, 0.05) is 5.75 Å². The Labute approximate surface area is 58.2 Å². The molecule has 2 atom stereocenters. The molecule has 4 heteroatoms. The zero-order valence-electron chi connectivity index (χ0n) is 3.99. The topological polar surface area (TPSA) is 17.1 Å². The van der Waals surface area contributed by atoms with Gasteiger partial charge in [-0.15, -0.1) is 6.42 Å². The van der Waals surface area contributed by atoms with E-state index in [-0.39, 0.29) is 5.25 Å². The van der Waals surface area contributed by atoms with Gasteiger partial charge in [-0.2, -0.15) is 0 Å². The quantitative estimate of drug-likeness (QED) is 0.393. The van der Waals surface area contributed by atoms with Crippen LogP contribution in [0.5, 0.6) is 0 Å². The molecule has 1 aliphatic heterocycles. The first-order chi connectivity index (χ1) is 3.83. The van der Waals surface area contributed by atoms with Gasteiger partial charge in [-0.05, 0) is 21.6 Å². The lowest BCUT2D eigenvalue weighted by molar-refractivity contribution is 0.699. The van der Waals surface area contributed by atoms with Crippen molar-refractivity contribution in [3.05, 3.63) is 0 Å². The van der Waals surface area contributed by atoms with E-state index in [9.17, 15) is 4.21 Å². The second-order valence-corrected chi connectivity index (χ2v) is 6.71. The Morgan fingerprint density at radius 3 is 2.88 bits per heavy atom. The third-order valence-corrected chi connectivity index (χ3v) is 5.99. The van der Waals surface area contributed by atoms with Crippen molar-refractivity contribution in [3.8, 4) is 12.3 Å². The van der Waals surface area contributed by atoms with E-state index in [2.05, 4.69) is 5.92 Å². The summed E-state index contributed by atoms with van der Waals surface area (Å²) in [6, 6.07) is 0. The predicted molar refractivity (Wildman–Crippen MR) is 40.8 cm³/mol. The van der Waals surface area contributed by atoms with Crippen molar-refractivity contribution in [3.63, 3.8) is 0 Å². The summed E-state index contributed by atoms with van der Waals surface area (Å²) in [7, 11) is 2.03. The van der Waals surface area contributed by atoms with Gasteiger partial charge in [0.1, 0.15) is 8.86 Å². The summed E-state index contributed by atoms with van der Waals surface area (Å²) >= 11 is 0. The highest BCUT2D eigenvalue weighted by Crippen LogP contribution is 2.35. The molecule has 1 fully saturated rings. The van der Waals surface area contributed by atoms with Crippen molar-refractivity contribution < 1.29 is 4.21 Å². The second kappa shape index (κ2) is 2.81. The fourth-order valence-electron chi connectivity index (χ4n) is 0.344. The van der Waals surface area contributed by atoms with E-state index in [1.165, 1.54) is 21.6 Å². The first kappa shape index (κ1) is 6.53. The molecule has 44 valence electrons.